The first-order valence-corrected chi connectivity index (χ1v) is 9.03. The molecule has 0 aliphatic heterocycles. The molecule has 0 bridgehead atoms. The van der Waals surface area contributed by atoms with Crippen molar-refractivity contribution in [2.24, 2.45) is 23.7 Å². The second-order valence-electron chi connectivity index (χ2n) is 7.57. The highest BCUT2D eigenvalue weighted by Gasteiger charge is 2.23. The molecule has 2 aliphatic carbocycles. The Morgan fingerprint density at radius 1 is 0.905 bits per heavy atom. The molecular formula is C19H32O2. The summed E-state index contributed by atoms with van der Waals surface area (Å²) in [6.45, 7) is 2.40. The van der Waals surface area contributed by atoms with Crippen LogP contribution in [0.25, 0.3) is 0 Å². The number of carboxylic acid groups (broad SMARTS) is 1. The van der Waals surface area contributed by atoms with Crippen molar-refractivity contribution in [1.29, 1.82) is 0 Å². The van der Waals surface area contributed by atoms with Crippen molar-refractivity contribution < 1.29 is 9.90 Å². The van der Waals surface area contributed by atoms with Crippen LogP contribution in [0.2, 0.25) is 0 Å². The minimum absolute atomic E-state index is 0.729. The fourth-order valence-electron chi connectivity index (χ4n) is 4.21. The summed E-state index contributed by atoms with van der Waals surface area (Å²) < 4.78 is 0. The fraction of sp³-hybridized carbons (Fsp3) is 0.842. The van der Waals surface area contributed by atoms with Crippen LogP contribution in [0.3, 0.4) is 0 Å². The van der Waals surface area contributed by atoms with E-state index in [1.54, 1.807) is 0 Å². The van der Waals surface area contributed by atoms with E-state index in [9.17, 15) is 4.79 Å². The largest absolute Gasteiger partial charge is 0.478 e. The Kier molecular flexibility index (Phi) is 6.79. The number of hydrogen-bond donors (Lipinski definition) is 1. The number of carbonyl (C=O) groups is 1. The van der Waals surface area contributed by atoms with Crippen molar-refractivity contribution in [1.82, 2.24) is 0 Å². The maximum absolute atomic E-state index is 10.5. The van der Waals surface area contributed by atoms with Gasteiger partial charge in [0.2, 0.25) is 0 Å². The quantitative estimate of drug-likeness (QED) is 0.663. The first kappa shape index (κ1) is 16.6. The van der Waals surface area contributed by atoms with Crippen LogP contribution in [-0.2, 0) is 4.79 Å². The number of hydrogen-bond acceptors (Lipinski definition) is 1. The van der Waals surface area contributed by atoms with Crippen molar-refractivity contribution in [3.05, 3.63) is 12.2 Å². The van der Waals surface area contributed by atoms with Crippen molar-refractivity contribution in [3.8, 4) is 0 Å². The predicted molar refractivity (Wildman–Crippen MR) is 87.2 cm³/mol. The van der Waals surface area contributed by atoms with Gasteiger partial charge in [-0.05, 0) is 42.9 Å². The average molecular weight is 292 g/mol. The maximum Gasteiger partial charge on any atom is 0.327 e. The van der Waals surface area contributed by atoms with Gasteiger partial charge in [-0.15, -0.1) is 0 Å². The highest BCUT2D eigenvalue weighted by atomic mass is 16.4. The number of carboxylic acids is 1. The molecule has 1 N–H and O–H groups in total. The van der Waals surface area contributed by atoms with Gasteiger partial charge < -0.3 is 5.11 Å². The Bertz CT molecular complexity index is 331. The van der Waals surface area contributed by atoms with E-state index in [0.717, 1.165) is 30.1 Å². The molecule has 0 heterocycles. The van der Waals surface area contributed by atoms with E-state index < -0.39 is 5.97 Å². The molecule has 0 unspecified atom stereocenters. The van der Waals surface area contributed by atoms with Gasteiger partial charge in [0.15, 0.2) is 0 Å². The van der Waals surface area contributed by atoms with E-state index in [1.807, 2.05) is 6.08 Å². The molecule has 0 aromatic carbocycles. The Morgan fingerprint density at radius 3 is 1.90 bits per heavy atom. The van der Waals surface area contributed by atoms with Gasteiger partial charge in [-0.1, -0.05) is 64.4 Å². The SMILES string of the molecule is CC1CCC(CCC2CCC(CC=CC(=O)O)CC2)CC1. The van der Waals surface area contributed by atoms with E-state index >= 15 is 0 Å². The molecular weight excluding hydrogens is 260 g/mol. The lowest BCUT2D eigenvalue weighted by molar-refractivity contribution is -0.131. The summed E-state index contributed by atoms with van der Waals surface area (Å²) in [4.78, 5) is 10.5. The molecule has 2 saturated carbocycles. The van der Waals surface area contributed by atoms with Gasteiger partial charge in [0, 0.05) is 6.08 Å². The molecule has 21 heavy (non-hydrogen) atoms. The van der Waals surface area contributed by atoms with Gasteiger partial charge in [-0.3, -0.25) is 0 Å². The standard InChI is InChI=1S/C19H32O2/c1-15-5-7-17(8-6-15)13-14-18-11-9-16(10-12-18)3-2-4-19(20)21/h2,4,15-18H,3,5-14H2,1H3,(H,20,21). The third kappa shape index (κ3) is 6.23. The predicted octanol–water partition coefficient (Wildman–Crippen LogP) is 5.43. The topological polar surface area (TPSA) is 37.3 Å². The van der Waals surface area contributed by atoms with Gasteiger partial charge in [-0.25, -0.2) is 4.79 Å². The van der Waals surface area contributed by atoms with E-state index in [-0.39, 0.29) is 0 Å². The van der Waals surface area contributed by atoms with Crippen LogP contribution in [0.1, 0.15) is 77.6 Å². The van der Waals surface area contributed by atoms with Gasteiger partial charge in [0.25, 0.3) is 0 Å². The summed E-state index contributed by atoms with van der Waals surface area (Å²) in [6, 6.07) is 0. The third-order valence-electron chi connectivity index (χ3n) is 5.81. The first-order chi connectivity index (χ1) is 10.1. The third-order valence-corrected chi connectivity index (χ3v) is 5.81. The number of rotatable bonds is 6. The summed E-state index contributed by atoms with van der Waals surface area (Å²) in [5.41, 5.74) is 0. The molecule has 2 fully saturated rings. The highest BCUT2D eigenvalue weighted by molar-refractivity contribution is 5.79. The van der Waals surface area contributed by atoms with Crippen molar-refractivity contribution in [2.75, 3.05) is 0 Å². The molecule has 2 aliphatic rings. The van der Waals surface area contributed by atoms with Crippen LogP contribution in [0, 0.1) is 23.7 Å². The molecule has 0 spiro atoms. The van der Waals surface area contributed by atoms with E-state index in [0.29, 0.717) is 0 Å². The molecule has 2 nitrogen and oxygen atoms in total. The van der Waals surface area contributed by atoms with Crippen molar-refractivity contribution >= 4 is 5.97 Å². The number of allylic oxidation sites excluding steroid dienone is 1. The van der Waals surface area contributed by atoms with Crippen LogP contribution in [0.4, 0.5) is 0 Å². The van der Waals surface area contributed by atoms with Gasteiger partial charge in [0.05, 0.1) is 0 Å². The molecule has 0 radical (unpaired) electrons. The summed E-state index contributed by atoms with van der Waals surface area (Å²) >= 11 is 0. The maximum atomic E-state index is 10.5. The summed E-state index contributed by atoms with van der Waals surface area (Å²) in [6.07, 6.45) is 18.2. The smallest absolute Gasteiger partial charge is 0.327 e. The molecule has 2 heteroatoms. The molecule has 0 aromatic heterocycles. The second kappa shape index (κ2) is 8.60. The Morgan fingerprint density at radius 2 is 1.38 bits per heavy atom. The molecule has 2 rings (SSSR count). The molecule has 0 saturated heterocycles. The number of aliphatic carboxylic acids is 1. The molecule has 0 aromatic rings. The zero-order chi connectivity index (χ0) is 15.1. The van der Waals surface area contributed by atoms with E-state index in [2.05, 4.69) is 6.92 Å². The zero-order valence-electron chi connectivity index (χ0n) is 13.6. The lowest BCUT2D eigenvalue weighted by Crippen LogP contribution is -2.17. The first-order valence-electron chi connectivity index (χ1n) is 9.03. The van der Waals surface area contributed by atoms with Crippen LogP contribution in [0.5, 0.6) is 0 Å². The molecule has 0 atom stereocenters. The Labute approximate surface area is 130 Å². The second-order valence-corrected chi connectivity index (χ2v) is 7.57. The van der Waals surface area contributed by atoms with Crippen LogP contribution in [-0.4, -0.2) is 11.1 Å². The fourth-order valence-corrected chi connectivity index (χ4v) is 4.21. The van der Waals surface area contributed by atoms with E-state index in [4.69, 9.17) is 5.11 Å². The Hall–Kier alpha value is -0.790. The van der Waals surface area contributed by atoms with Crippen molar-refractivity contribution in [3.63, 3.8) is 0 Å². The molecule has 120 valence electrons. The average Bonchev–Trinajstić information content (AvgIpc) is 2.48. The summed E-state index contributed by atoms with van der Waals surface area (Å²) in [5.74, 6) is 2.84. The minimum atomic E-state index is -0.814. The van der Waals surface area contributed by atoms with E-state index in [1.165, 1.54) is 70.3 Å². The summed E-state index contributed by atoms with van der Waals surface area (Å²) in [7, 11) is 0. The minimum Gasteiger partial charge on any atom is -0.478 e. The van der Waals surface area contributed by atoms with Crippen LogP contribution < -0.4 is 0 Å². The van der Waals surface area contributed by atoms with Gasteiger partial charge >= 0.3 is 5.97 Å². The lowest BCUT2D eigenvalue weighted by Gasteiger charge is -2.31. The molecule has 0 amide bonds. The van der Waals surface area contributed by atoms with Crippen LogP contribution >= 0.6 is 0 Å². The van der Waals surface area contributed by atoms with Crippen LogP contribution in [0.15, 0.2) is 12.2 Å². The van der Waals surface area contributed by atoms with Gasteiger partial charge in [-0.2, -0.15) is 0 Å². The lowest BCUT2D eigenvalue weighted by atomic mass is 9.75. The zero-order valence-corrected chi connectivity index (χ0v) is 13.6. The van der Waals surface area contributed by atoms with Crippen molar-refractivity contribution in [2.45, 2.75) is 77.6 Å². The Balaban J connectivity index is 1.57. The summed E-state index contributed by atoms with van der Waals surface area (Å²) in [5, 5.41) is 8.61. The monoisotopic (exact) mass is 292 g/mol. The normalized spacial score (nSPS) is 34.1. The van der Waals surface area contributed by atoms with Gasteiger partial charge in [0.1, 0.15) is 0 Å². The highest BCUT2D eigenvalue weighted by Crippen LogP contribution is 2.37.